The van der Waals surface area contributed by atoms with Crippen LogP contribution < -0.4 is 4.74 Å². The van der Waals surface area contributed by atoms with E-state index in [2.05, 4.69) is 0 Å². The van der Waals surface area contributed by atoms with Crippen LogP contribution in [0.25, 0.3) is 21.5 Å². The number of phenolic OH excluding ortho intramolecular Hbond substituents is 2. The first-order valence-electron chi connectivity index (χ1n) is 7.32. The zero-order chi connectivity index (χ0) is 15.8. The SMILES string of the molecule is Oc1cccc2cc(Oc3cc(O)c4ccccc4c3)ccc12. The second-order valence-electron chi connectivity index (χ2n) is 5.43. The van der Waals surface area contributed by atoms with E-state index < -0.39 is 0 Å². The second kappa shape index (κ2) is 5.21. The van der Waals surface area contributed by atoms with E-state index in [0.717, 1.165) is 21.5 Å². The fraction of sp³-hybridized carbons (Fsp3) is 0. The quantitative estimate of drug-likeness (QED) is 0.535. The van der Waals surface area contributed by atoms with Crippen molar-refractivity contribution in [2.45, 2.75) is 0 Å². The molecule has 0 heterocycles. The largest absolute Gasteiger partial charge is 0.507 e. The fourth-order valence-corrected chi connectivity index (χ4v) is 2.77. The zero-order valence-electron chi connectivity index (χ0n) is 12.2. The predicted octanol–water partition coefficient (Wildman–Crippen LogP) is 5.20. The third-order valence-electron chi connectivity index (χ3n) is 3.88. The van der Waals surface area contributed by atoms with Crippen LogP contribution in [-0.4, -0.2) is 10.2 Å². The molecule has 0 aliphatic rings. The van der Waals surface area contributed by atoms with Crippen molar-refractivity contribution in [3.63, 3.8) is 0 Å². The lowest BCUT2D eigenvalue weighted by atomic mass is 10.1. The number of ether oxygens (including phenoxy) is 1. The van der Waals surface area contributed by atoms with Crippen molar-refractivity contribution in [1.29, 1.82) is 0 Å². The van der Waals surface area contributed by atoms with Crippen LogP contribution in [0.1, 0.15) is 0 Å². The van der Waals surface area contributed by atoms with E-state index in [9.17, 15) is 10.2 Å². The highest BCUT2D eigenvalue weighted by molar-refractivity contribution is 5.90. The van der Waals surface area contributed by atoms with E-state index in [1.807, 2.05) is 48.5 Å². The lowest BCUT2D eigenvalue weighted by Crippen LogP contribution is -1.85. The van der Waals surface area contributed by atoms with Gasteiger partial charge >= 0.3 is 0 Å². The number of aromatic hydroxyl groups is 2. The Morgan fingerprint density at radius 1 is 0.565 bits per heavy atom. The van der Waals surface area contributed by atoms with Crippen molar-refractivity contribution in [2.75, 3.05) is 0 Å². The maximum absolute atomic E-state index is 10.1. The average Bonchev–Trinajstić information content (AvgIpc) is 2.55. The molecule has 0 atom stereocenters. The van der Waals surface area contributed by atoms with Crippen LogP contribution in [0.15, 0.2) is 72.8 Å². The number of phenols is 2. The molecule has 2 N–H and O–H groups in total. The topological polar surface area (TPSA) is 49.7 Å². The summed E-state index contributed by atoms with van der Waals surface area (Å²) >= 11 is 0. The highest BCUT2D eigenvalue weighted by Gasteiger charge is 2.06. The van der Waals surface area contributed by atoms with Crippen molar-refractivity contribution in [1.82, 2.24) is 0 Å². The van der Waals surface area contributed by atoms with Gasteiger partial charge in [0.1, 0.15) is 23.0 Å². The van der Waals surface area contributed by atoms with Crippen molar-refractivity contribution in [2.24, 2.45) is 0 Å². The number of hydrogen-bond acceptors (Lipinski definition) is 3. The molecule has 3 heteroatoms. The number of benzene rings is 4. The van der Waals surface area contributed by atoms with Crippen LogP contribution in [0.4, 0.5) is 0 Å². The molecule has 112 valence electrons. The lowest BCUT2D eigenvalue weighted by molar-refractivity contribution is 0.460. The number of rotatable bonds is 2. The van der Waals surface area contributed by atoms with Crippen LogP contribution >= 0.6 is 0 Å². The first-order chi connectivity index (χ1) is 11.2. The summed E-state index contributed by atoms with van der Waals surface area (Å²) in [4.78, 5) is 0. The molecule has 0 fully saturated rings. The van der Waals surface area contributed by atoms with Gasteiger partial charge < -0.3 is 14.9 Å². The molecular weight excluding hydrogens is 288 g/mol. The highest BCUT2D eigenvalue weighted by atomic mass is 16.5. The molecule has 0 spiro atoms. The third-order valence-corrected chi connectivity index (χ3v) is 3.88. The molecule has 0 amide bonds. The maximum Gasteiger partial charge on any atom is 0.131 e. The van der Waals surface area contributed by atoms with Gasteiger partial charge in [0.05, 0.1) is 0 Å². The van der Waals surface area contributed by atoms with Crippen LogP contribution in [0, 0.1) is 0 Å². The van der Waals surface area contributed by atoms with E-state index in [-0.39, 0.29) is 11.5 Å². The smallest absolute Gasteiger partial charge is 0.131 e. The van der Waals surface area contributed by atoms with Gasteiger partial charge in [-0.05, 0) is 41.1 Å². The second-order valence-corrected chi connectivity index (χ2v) is 5.43. The Kier molecular flexibility index (Phi) is 3.05. The molecule has 0 saturated heterocycles. The average molecular weight is 302 g/mol. The van der Waals surface area contributed by atoms with Crippen molar-refractivity contribution < 1.29 is 14.9 Å². The monoisotopic (exact) mass is 302 g/mol. The van der Waals surface area contributed by atoms with Crippen LogP contribution in [-0.2, 0) is 0 Å². The molecule has 3 nitrogen and oxygen atoms in total. The summed E-state index contributed by atoms with van der Waals surface area (Å²) in [6.45, 7) is 0. The lowest BCUT2D eigenvalue weighted by Gasteiger charge is -2.10. The van der Waals surface area contributed by atoms with Gasteiger partial charge in [0, 0.05) is 16.8 Å². The zero-order valence-corrected chi connectivity index (χ0v) is 12.2. The first kappa shape index (κ1) is 13.5. The molecule has 0 aromatic heterocycles. The van der Waals surface area contributed by atoms with E-state index in [1.165, 1.54) is 0 Å². The molecule has 23 heavy (non-hydrogen) atoms. The molecular formula is C20H14O3. The maximum atomic E-state index is 10.1. The summed E-state index contributed by atoms with van der Waals surface area (Å²) in [5.41, 5.74) is 0. The van der Waals surface area contributed by atoms with Gasteiger partial charge in [-0.1, -0.05) is 36.4 Å². The molecule has 0 aliphatic heterocycles. The van der Waals surface area contributed by atoms with Crippen molar-refractivity contribution in [3.05, 3.63) is 72.8 Å². The minimum atomic E-state index is 0.191. The Labute approximate surface area is 133 Å². The predicted molar refractivity (Wildman–Crippen MR) is 91.3 cm³/mol. The van der Waals surface area contributed by atoms with Crippen LogP contribution in [0.3, 0.4) is 0 Å². The molecule has 4 aromatic carbocycles. The summed E-state index contributed by atoms with van der Waals surface area (Å²) < 4.78 is 5.87. The number of fused-ring (bicyclic) bond motifs is 2. The van der Waals surface area contributed by atoms with Gasteiger partial charge in [-0.15, -0.1) is 0 Å². The Morgan fingerprint density at radius 3 is 2.13 bits per heavy atom. The van der Waals surface area contributed by atoms with Gasteiger partial charge in [0.15, 0.2) is 0 Å². The van der Waals surface area contributed by atoms with E-state index >= 15 is 0 Å². The highest BCUT2D eigenvalue weighted by Crippen LogP contribution is 2.34. The van der Waals surface area contributed by atoms with Gasteiger partial charge in [0.25, 0.3) is 0 Å². The Hall–Kier alpha value is -3.20. The minimum Gasteiger partial charge on any atom is -0.507 e. The molecule has 0 saturated carbocycles. The molecule has 4 aromatic rings. The molecule has 0 bridgehead atoms. The minimum absolute atomic E-state index is 0.191. The van der Waals surface area contributed by atoms with E-state index in [4.69, 9.17) is 4.74 Å². The Morgan fingerprint density at radius 2 is 1.26 bits per heavy atom. The summed E-state index contributed by atoms with van der Waals surface area (Å²) in [6, 6.07) is 22.0. The normalized spacial score (nSPS) is 11.0. The molecule has 0 unspecified atom stereocenters. The van der Waals surface area contributed by atoms with Crippen LogP contribution in [0.2, 0.25) is 0 Å². The third kappa shape index (κ3) is 2.42. The standard InChI is InChI=1S/C20H14O3/c21-19-7-3-5-14-10-15(8-9-18(14)19)23-16-11-13-4-1-2-6-17(13)20(22)12-16/h1-12,21-22H. The van der Waals surface area contributed by atoms with Crippen LogP contribution in [0.5, 0.6) is 23.0 Å². The Balaban J connectivity index is 1.75. The summed E-state index contributed by atoms with van der Waals surface area (Å²) in [7, 11) is 0. The van der Waals surface area contributed by atoms with Gasteiger partial charge in [-0.3, -0.25) is 0 Å². The van der Waals surface area contributed by atoms with Crippen molar-refractivity contribution in [3.8, 4) is 23.0 Å². The summed E-state index contributed by atoms with van der Waals surface area (Å²) in [5, 5.41) is 23.3. The molecule has 0 aliphatic carbocycles. The molecule has 0 radical (unpaired) electrons. The van der Waals surface area contributed by atoms with E-state index in [1.54, 1.807) is 24.3 Å². The number of hydrogen-bond donors (Lipinski definition) is 2. The molecule has 4 rings (SSSR count). The van der Waals surface area contributed by atoms with Gasteiger partial charge in [-0.25, -0.2) is 0 Å². The summed E-state index contributed by atoms with van der Waals surface area (Å²) in [5.74, 6) is 1.66. The van der Waals surface area contributed by atoms with Crippen molar-refractivity contribution >= 4 is 21.5 Å². The first-order valence-corrected chi connectivity index (χ1v) is 7.32. The fourth-order valence-electron chi connectivity index (χ4n) is 2.77. The van der Waals surface area contributed by atoms with E-state index in [0.29, 0.717) is 11.5 Å². The Bertz CT molecular complexity index is 1020. The summed E-state index contributed by atoms with van der Waals surface area (Å²) in [6.07, 6.45) is 0. The van der Waals surface area contributed by atoms with Gasteiger partial charge in [0.2, 0.25) is 0 Å². The van der Waals surface area contributed by atoms with Gasteiger partial charge in [-0.2, -0.15) is 0 Å².